The molecule has 6 nitrogen and oxygen atoms in total. The molecule has 1 aliphatic heterocycles. The van der Waals surface area contributed by atoms with Crippen molar-refractivity contribution < 1.29 is 19.1 Å². The first-order valence-electron chi connectivity index (χ1n) is 10.4. The highest BCUT2D eigenvalue weighted by Gasteiger charge is 2.69. The van der Waals surface area contributed by atoms with Gasteiger partial charge in [0.25, 0.3) is 5.91 Å². The molecule has 2 fully saturated rings. The van der Waals surface area contributed by atoms with E-state index in [9.17, 15) is 9.59 Å². The Balaban J connectivity index is 1.44. The predicted octanol–water partition coefficient (Wildman–Crippen LogP) is 4.19. The number of ketones is 1. The molecule has 31 heavy (non-hydrogen) atoms. The number of piperidine rings is 1. The molecule has 1 amide bonds. The molecule has 1 saturated carbocycles. The normalized spacial score (nSPS) is 23.2. The third-order valence-corrected chi connectivity index (χ3v) is 7.05. The van der Waals surface area contributed by atoms with E-state index in [1.54, 1.807) is 19.1 Å². The lowest BCUT2D eigenvalue weighted by molar-refractivity contribution is 0.0799. The number of H-pyrrole nitrogens is 1. The maximum Gasteiger partial charge on any atom is 0.274 e. The minimum absolute atomic E-state index is 0.125. The Kier molecular flexibility index (Phi) is 3.53. The monoisotopic (exact) mass is 414 g/mol. The van der Waals surface area contributed by atoms with E-state index >= 15 is 0 Å². The summed E-state index contributed by atoms with van der Waals surface area (Å²) < 4.78 is 11.1. The van der Waals surface area contributed by atoms with Crippen LogP contribution in [0, 0.1) is 18.3 Å². The number of likely N-dealkylation sites (tertiary alicyclic amines) is 1. The maximum absolute atomic E-state index is 13.6. The van der Waals surface area contributed by atoms with Crippen LogP contribution in [0.15, 0.2) is 42.1 Å². The fourth-order valence-electron chi connectivity index (χ4n) is 5.51. The van der Waals surface area contributed by atoms with Crippen molar-refractivity contribution in [1.29, 1.82) is 0 Å². The van der Waals surface area contributed by atoms with Crippen molar-refractivity contribution in [1.82, 2.24) is 9.88 Å². The second-order valence-corrected chi connectivity index (χ2v) is 8.64. The van der Waals surface area contributed by atoms with E-state index in [4.69, 9.17) is 9.47 Å². The van der Waals surface area contributed by atoms with Crippen molar-refractivity contribution in [2.45, 2.75) is 13.3 Å². The predicted molar refractivity (Wildman–Crippen MR) is 116 cm³/mol. The van der Waals surface area contributed by atoms with E-state index < -0.39 is 5.41 Å². The number of ether oxygens (including phenoxy) is 2. The fraction of sp³-hybridized carbons (Fsp3) is 0.280. The molecule has 2 aliphatic carbocycles. The maximum atomic E-state index is 13.6. The third-order valence-electron chi connectivity index (χ3n) is 7.05. The van der Waals surface area contributed by atoms with Gasteiger partial charge in [-0.1, -0.05) is 24.3 Å². The largest absolute Gasteiger partial charge is 0.493 e. The number of amides is 1. The molecule has 2 aromatic carbocycles. The molecule has 156 valence electrons. The summed E-state index contributed by atoms with van der Waals surface area (Å²) in [6, 6.07) is 11.5. The number of allylic oxidation sites excluding steroid dienone is 1. The Morgan fingerprint density at radius 1 is 1.16 bits per heavy atom. The van der Waals surface area contributed by atoms with Crippen LogP contribution in [-0.4, -0.2) is 42.3 Å². The van der Waals surface area contributed by atoms with Gasteiger partial charge in [-0.15, -0.1) is 0 Å². The number of rotatable bonds is 3. The lowest BCUT2D eigenvalue weighted by Gasteiger charge is -2.28. The minimum Gasteiger partial charge on any atom is -0.493 e. The summed E-state index contributed by atoms with van der Waals surface area (Å²) in [4.78, 5) is 31.9. The molecule has 3 aromatic rings. The number of nitrogens with one attached hydrogen (secondary N) is 1. The Morgan fingerprint density at radius 2 is 1.94 bits per heavy atom. The van der Waals surface area contributed by atoms with Crippen LogP contribution in [-0.2, 0) is 0 Å². The number of carbonyl (C=O) groups is 2. The first-order chi connectivity index (χ1) is 15.0. The van der Waals surface area contributed by atoms with E-state index in [2.05, 4.69) is 4.98 Å². The summed E-state index contributed by atoms with van der Waals surface area (Å²) in [6.07, 6.45) is 2.85. The van der Waals surface area contributed by atoms with Crippen LogP contribution >= 0.6 is 0 Å². The van der Waals surface area contributed by atoms with Gasteiger partial charge in [0.2, 0.25) is 0 Å². The van der Waals surface area contributed by atoms with E-state index in [1.165, 1.54) is 0 Å². The van der Waals surface area contributed by atoms with Gasteiger partial charge in [-0.25, -0.2) is 0 Å². The molecule has 6 heteroatoms. The number of aromatic nitrogens is 1. The number of benzene rings is 2. The zero-order valence-corrected chi connectivity index (χ0v) is 17.6. The number of fused-ring (bicyclic) bond motifs is 2. The van der Waals surface area contributed by atoms with Crippen molar-refractivity contribution in [3.05, 3.63) is 64.5 Å². The Hall–Kier alpha value is -3.54. The summed E-state index contributed by atoms with van der Waals surface area (Å²) in [5.74, 6) is 1.46. The summed E-state index contributed by atoms with van der Waals surface area (Å²) in [6.45, 7) is 2.52. The molecular formula is C25H22N2O4. The van der Waals surface area contributed by atoms with Crippen molar-refractivity contribution in [3.63, 3.8) is 0 Å². The molecule has 1 saturated heterocycles. The minimum atomic E-state index is -0.520. The SMILES string of the molecule is COc1c(C)cc2cc(C(=O)N3CC4CC45C(=O)c4ccccc4C=C35)[nH]c2c1OC. The van der Waals surface area contributed by atoms with Gasteiger partial charge in [-0.2, -0.15) is 0 Å². The van der Waals surface area contributed by atoms with Gasteiger partial charge in [0.15, 0.2) is 17.3 Å². The zero-order valence-electron chi connectivity index (χ0n) is 17.6. The Labute approximate surface area is 179 Å². The Morgan fingerprint density at radius 3 is 2.71 bits per heavy atom. The second kappa shape index (κ2) is 6.00. The number of carbonyl (C=O) groups excluding carboxylic acids is 2. The van der Waals surface area contributed by atoms with E-state index in [0.717, 1.165) is 39.7 Å². The lowest BCUT2D eigenvalue weighted by Crippen LogP contribution is -2.34. The van der Waals surface area contributed by atoms with Crippen molar-refractivity contribution in [2.24, 2.45) is 11.3 Å². The zero-order chi connectivity index (χ0) is 21.5. The highest BCUT2D eigenvalue weighted by molar-refractivity contribution is 6.12. The molecule has 2 unspecified atom stereocenters. The van der Waals surface area contributed by atoms with Crippen LogP contribution in [0.25, 0.3) is 17.0 Å². The van der Waals surface area contributed by atoms with Crippen LogP contribution in [0.4, 0.5) is 0 Å². The van der Waals surface area contributed by atoms with Gasteiger partial charge in [-0.05, 0) is 48.6 Å². The number of Topliss-reactive ketones (excluding diaryl/α,β-unsaturated/α-hetero) is 1. The highest BCUT2D eigenvalue weighted by atomic mass is 16.5. The number of aromatic amines is 1. The first kappa shape index (κ1) is 18.2. The van der Waals surface area contributed by atoms with Crippen LogP contribution in [0.3, 0.4) is 0 Å². The van der Waals surface area contributed by atoms with Gasteiger partial charge in [0, 0.05) is 23.2 Å². The smallest absolute Gasteiger partial charge is 0.274 e. The average molecular weight is 414 g/mol. The fourth-order valence-corrected chi connectivity index (χ4v) is 5.51. The molecule has 3 aliphatic rings. The van der Waals surface area contributed by atoms with Crippen LogP contribution < -0.4 is 9.47 Å². The molecule has 1 N–H and O–H groups in total. The van der Waals surface area contributed by atoms with Crippen molar-refractivity contribution in [2.75, 3.05) is 20.8 Å². The molecule has 1 spiro atoms. The number of methoxy groups -OCH3 is 2. The molecule has 1 aromatic heterocycles. The van der Waals surface area contributed by atoms with Crippen molar-refractivity contribution >= 4 is 28.7 Å². The quantitative estimate of drug-likeness (QED) is 0.698. The standard InChI is InChI=1S/C25H22N2O4/c1-13-8-15-9-18(26-20(15)22(31-3)21(13)30-2)24(29)27-12-16-11-25(16)19(27)10-14-6-4-5-7-17(14)23(25)28/h4-10,16,26H,11-12H2,1-3H3. The summed E-state index contributed by atoms with van der Waals surface area (Å²) in [5, 5.41) is 0.886. The lowest BCUT2D eigenvalue weighted by atomic mass is 9.83. The second-order valence-electron chi connectivity index (χ2n) is 8.64. The number of aryl methyl sites for hydroxylation is 1. The van der Waals surface area contributed by atoms with E-state index in [-0.39, 0.29) is 17.6 Å². The summed E-state index contributed by atoms with van der Waals surface area (Å²) in [7, 11) is 3.19. The molecular weight excluding hydrogens is 392 g/mol. The van der Waals surface area contributed by atoms with Gasteiger partial charge in [0.1, 0.15) is 5.69 Å². The Bertz CT molecular complexity index is 1330. The van der Waals surface area contributed by atoms with Gasteiger partial charge < -0.3 is 19.4 Å². The number of hydrogen-bond donors (Lipinski definition) is 1. The van der Waals surface area contributed by atoms with Gasteiger partial charge >= 0.3 is 0 Å². The molecule has 2 heterocycles. The average Bonchev–Trinajstić information content (AvgIpc) is 3.17. The molecule has 6 rings (SSSR count). The van der Waals surface area contributed by atoms with Gasteiger partial charge in [0.05, 0.1) is 25.2 Å². The highest BCUT2D eigenvalue weighted by Crippen LogP contribution is 2.67. The van der Waals surface area contributed by atoms with Crippen LogP contribution in [0.5, 0.6) is 11.5 Å². The third kappa shape index (κ3) is 2.22. The van der Waals surface area contributed by atoms with Gasteiger partial charge in [-0.3, -0.25) is 9.59 Å². The molecule has 0 radical (unpaired) electrons. The molecule has 0 bridgehead atoms. The topological polar surface area (TPSA) is 71.6 Å². The molecule has 2 atom stereocenters. The van der Waals surface area contributed by atoms with Crippen LogP contribution in [0.2, 0.25) is 0 Å². The van der Waals surface area contributed by atoms with E-state index in [0.29, 0.717) is 23.7 Å². The summed E-state index contributed by atoms with van der Waals surface area (Å²) in [5.41, 5.74) is 4.11. The summed E-state index contributed by atoms with van der Waals surface area (Å²) >= 11 is 0. The van der Waals surface area contributed by atoms with Crippen molar-refractivity contribution in [3.8, 4) is 11.5 Å². The van der Waals surface area contributed by atoms with Crippen LogP contribution in [0.1, 0.15) is 38.4 Å². The number of hydrogen-bond acceptors (Lipinski definition) is 4. The van der Waals surface area contributed by atoms with E-state index in [1.807, 2.05) is 49.4 Å². The number of nitrogens with zero attached hydrogens (tertiary/aromatic N) is 1. The first-order valence-corrected chi connectivity index (χ1v) is 10.4.